The van der Waals surface area contributed by atoms with Crippen molar-refractivity contribution in [3.05, 3.63) is 29.8 Å². The number of hydrogen-bond acceptors (Lipinski definition) is 2. The second-order valence-corrected chi connectivity index (χ2v) is 4.87. The van der Waals surface area contributed by atoms with E-state index in [2.05, 4.69) is 32.9 Å². The van der Waals surface area contributed by atoms with Crippen LogP contribution in [0.25, 0.3) is 0 Å². The smallest absolute Gasteiger partial charge is 0.119 e. The molecule has 2 N–H and O–H groups in total. The molecule has 0 amide bonds. The third-order valence-electron chi connectivity index (χ3n) is 2.57. The molecule has 1 rings (SSSR count). The summed E-state index contributed by atoms with van der Waals surface area (Å²) in [7, 11) is 0. The van der Waals surface area contributed by atoms with Gasteiger partial charge in [0, 0.05) is 6.04 Å². The van der Waals surface area contributed by atoms with Crippen LogP contribution in [0.1, 0.15) is 45.6 Å². The van der Waals surface area contributed by atoms with Crippen LogP contribution in [-0.4, -0.2) is 12.1 Å². The number of ether oxygens (including phenoxy) is 1. The minimum atomic E-state index is 0.169. The summed E-state index contributed by atoms with van der Waals surface area (Å²) in [6.07, 6.45) is 1.05. The Bertz CT molecular complexity index is 320. The highest BCUT2D eigenvalue weighted by molar-refractivity contribution is 5.30. The molecule has 0 spiro atoms. The fourth-order valence-electron chi connectivity index (χ4n) is 1.75. The summed E-state index contributed by atoms with van der Waals surface area (Å²) < 4.78 is 5.84. The summed E-state index contributed by atoms with van der Waals surface area (Å²) >= 11 is 0. The molecule has 0 aromatic heterocycles. The lowest BCUT2D eigenvalue weighted by Crippen LogP contribution is -2.24. The lowest BCUT2D eigenvalue weighted by atomic mass is 10.0. The third kappa shape index (κ3) is 4.23. The van der Waals surface area contributed by atoms with Crippen LogP contribution in [0.3, 0.4) is 0 Å². The van der Waals surface area contributed by atoms with E-state index >= 15 is 0 Å². The summed E-state index contributed by atoms with van der Waals surface area (Å²) in [5, 5.41) is 0. The Morgan fingerprint density at radius 2 is 1.88 bits per heavy atom. The largest absolute Gasteiger partial charge is 0.491 e. The number of nitrogens with two attached hydrogens (primary N) is 1. The van der Waals surface area contributed by atoms with Gasteiger partial charge in [-0.25, -0.2) is 0 Å². The van der Waals surface area contributed by atoms with Gasteiger partial charge in [-0.05, 0) is 43.9 Å². The van der Waals surface area contributed by atoms with Gasteiger partial charge >= 0.3 is 0 Å². The lowest BCUT2D eigenvalue weighted by molar-refractivity contribution is 0.203. The van der Waals surface area contributed by atoms with Gasteiger partial charge < -0.3 is 10.5 Å². The summed E-state index contributed by atoms with van der Waals surface area (Å²) in [6, 6.07) is 8.48. The molecule has 2 unspecified atom stereocenters. The van der Waals surface area contributed by atoms with Crippen molar-refractivity contribution in [3.63, 3.8) is 0 Å². The predicted molar refractivity (Wildman–Crippen MR) is 68.9 cm³/mol. The molecular formula is C14H23NO. The maximum absolute atomic E-state index is 5.84. The van der Waals surface area contributed by atoms with Crippen LogP contribution in [0, 0.1) is 0 Å². The van der Waals surface area contributed by atoms with Gasteiger partial charge in [0.2, 0.25) is 0 Å². The summed E-state index contributed by atoms with van der Waals surface area (Å²) in [6.45, 7) is 8.44. The monoisotopic (exact) mass is 221 g/mol. The zero-order valence-corrected chi connectivity index (χ0v) is 10.7. The van der Waals surface area contributed by atoms with Crippen molar-refractivity contribution in [1.29, 1.82) is 0 Å². The van der Waals surface area contributed by atoms with E-state index in [1.807, 2.05) is 19.1 Å². The molecule has 2 nitrogen and oxygen atoms in total. The number of rotatable bonds is 5. The minimum absolute atomic E-state index is 0.169. The SMILES string of the molecule is CC(N)CC(C)Oc1cccc(C(C)C)c1. The summed E-state index contributed by atoms with van der Waals surface area (Å²) in [5.74, 6) is 1.48. The van der Waals surface area contributed by atoms with Crippen molar-refractivity contribution in [2.75, 3.05) is 0 Å². The van der Waals surface area contributed by atoms with Crippen LogP contribution >= 0.6 is 0 Å². The summed E-state index contributed by atoms with van der Waals surface area (Å²) in [5.41, 5.74) is 7.06. The lowest BCUT2D eigenvalue weighted by Gasteiger charge is -2.17. The van der Waals surface area contributed by atoms with Crippen molar-refractivity contribution >= 4 is 0 Å². The highest BCUT2D eigenvalue weighted by Crippen LogP contribution is 2.21. The molecule has 1 aromatic carbocycles. The van der Waals surface area contributed by atoms with Gasteiger partial charge in [-0.2, -0.15) is 0 Å². The Labute approximate surface area is 98.8 Å². The van der Waals surface area contributed by atoms with Crippen molar-refractivity contribution in [1.82, 2.24) is 0 Å². The predicted octanol–water partition coefficient (Wildman–Crippen LogP) is 3.31. The maximum atomic E-state index is 5.84. The van der Waals surface area contributed by atoms with Crippen LogP contribution in [0.2, 0.25) is 0 Å². The standard InChI is InChI=1S/C14H23NO/c1-10(2)13-6-5-7-14(9-13)16-12(4)8-11(3)15/h5-7,9-12H,8,15H2,1-4H3. The van der Waals surface area contributed by atoms with Crippen molar-refractivity contribution in [2.45, 2.75) is 52.2 Å². The van der Waals surface area contributed by atoms with Crippen LogP contribution in [0.5, 0.6) is 5.75 Å². The molecule has 0 bridgehead atoms. The molecule has 0 saturated heterocycles. The van der Waals surface area contributed by atoms with E-state index in [1.54, 1.807) is 0 Å². The molecule has 2 atom stereocenters. The molecule has 0 aliphatic carbocycles. The van der Waals surface area contributed by atoms with E-state index in [0.29, 0.717) is 5.92 Å². The highest BCUT2D eigenvalue weighted by Gasteiger charge is 2.07. The second kappa shape index (κ2) is 5.90. The van der Waals surface area contributed by atoms with Crippen LogP contribution < -0.4 is 10.5 Å². The van der Waals surface area contributed by atoms with Crippen LogP contribution in [-0.2, 0) is 0 Å². The Morgan fingerprint density at radius 1 is 1.19 bits per heavy atom. The first-order valence-electron chi connectivity index (χ1n) is 6.01. The molecule has 90 valence electrons. The molecule has 16 heavy (non-hydrogen) atoms. The first-order chi connectivity index (χ1) is 7.49. The van der Waals surface area contributed by atoms with E-state index in [0.717, 1.165) is 12.2 Å². The van der Waals surface area contributed by atoms with E-state index in [9.17, 15) is 0 Å². The Morgan fingerprint density at radius 3 is 2.44 bits per heavy atom. The van der Waals surface area contributed by atoms with Gasteiger partial charge in [0.05, 0.1) is 6.10 Å². The minimum Gasteiger partial charge on any atom is -0.491 e. The van der Waals surface area contributed by atoms with E-state index in [4.69, 9.17) is 10.5 Å². The first-order valence-corrected chi connectivity index (χ1v) is 6.01. The van der Waals surface area contributed by atoms with Gasteiger partial charge in [-0.3, -0.25) is 0 Å². The average molecular weight is 221 g/mol. The van der Waals surface area contributed by atoms with Crippen molar-refractivity contribution in [3.8, 4) is 5.75 Å². The van der Waals surface area contributed by atoms with Gasteiger partial charge in [0.1, 0.15) is 5.75 Å². The van der Waals surface area contributed by atoms with E-state index in [-0.39, 0.29) is 12.1 Å². The quantitative estimate of drug-likeness (QED) is 0.828. The fraction of sp³-hybridized carbons (Fsp3) is 0.571. The molecule has 1 aromatic rings. The first kappa shape index (κ1) is 13.0. The van der Waals surface area contributed by atoms with Crippen molar-refractivity contribution in [2.24, 2.45) is 5.73 Å². The molecule has 0 saturated carbocycles. The highest BCUT2D eigenvalue weighted by atomic mass is 16.5. The van der Waals surface area contributed by atoms with Crippen LogP contribution in [0.4, 0.5) is 0 Å². The zero-order chi connectivity index (χ0) is 12.1. The van der Waals surface area contributed by atoms with Crippen LogP contribution in [0.15, 0.2) is 24.3 Å². The zero-order valence-electron chi connectivity index (χ0n) is 10.7. The number of benzene rings is 1. The molecule has 0 fully saturated rings. The molecule has 0 aliphatic heterocycles. The Balaban J connectivity index is 2.63. The maximum Gasteiger partial charge on any atom is 0.119 e. The normalized spacial score (nSPS) is 14.9. The molecule has 0 heterocycles. The van der Waals surface area contributed by atoms with E-state index in [1.165, 1.54) is 5.56 Å². The third-order valence-corrected chi connectivity index (χ3v) is 2.57. The average Bonchev–Trinajstić information content (AvgIpc) is 2.16. The van der Waals surface area contributed by atoms with E-state index < -0.39 is 0 Å². The topological polar surface area (TPSA) is 35.2 Å². The van der Waals surface area contributed by atoms with Gasteiger partial charge in [-0.1, -0.05) is 26.0 Å². The van der Waals surface area contributed by atoms with Gasteiger partial charge in [-0.15, -0.1) is 0 Å². The molecule has 2 heteroatoms. The van der Waals surface area contributed by atoms with Crippen molar-refractivity contribution < 1.29 is 4.74 Å². The molecular weight excluding hydrogens is 198 g/mol. The van der Waals surface area contributed by atoms with Gasteiger partial charge in [0.15, 0.2) is 0 Å². The fourth-order valence-corrected chi connectivity index (χ4v) is 1.75. The Hall–Kier alpha value is -1.02. The van der Waals surface area contributed by atoms with Gasteiger partial charge in [0.25, 0.3) is 0 Å². The summed E-state index contributed by atoms with van der Waals surface area (Å²) in [4.78, 5) is 0. The Kier molecular flexibility index (Phi) is 4.81. The second-order valence-electron chi connectivity index (χ2n) is 4.87. The number of hydrogen-bond donors (Lipinski definition) is 1. The molecule has 0 radical (unpaired) electrons. The molecule has 0 aliphatic rings.